The molecule has 0 bridgehead atoms. The van der Waals surface area contributed by atoms with Crippen LogP contribution < -0.4 is 0 Å². The second kappa shape index (κ2) is 6.95. The van der Waals surface area contributed by atoms with Gasteiger partial charge < -0.3 is 4.90 Å². The Morgan fingerprint density at radius 1 is 1.59 bits per heavy atom. The number of amides is 1. The summed E-state index contributed by atoms with van der Waals surface area (Å²) in [5.74, 6) is 0.0186. The highest BCUT2D eigenvalue weighted by atomic mass is 127. The molecule has 0 aromatic heterocycles. The Bertz CT molecular complexity index is 411. The first-order valence-corrected chi connectivity index (χ1v) is 7.63. The lowest BCUT2D eigenvalue weighted by atomic mass is 10.2. The molecule has 1 unspecified atom stereocenters. The average molecular weight is 431 g/mol. The van der Waals surface area contributed by atoms with Crippen LogP contribution in [-0.4, -0.2) is 29.2 Å². The fourth-order valence-electron chi connectivity index (χ4n) is 1.34. The number of carbonyl (C=O) groups is 1. The van der Waals surface area contributed by atoms with Gasteiger partial charge >= 0.3 is 0 Å². The summed E-state index contributed by atoms with van der Waals surface area (Å²) in [7, 11) is 1.81. The van der Waals surface area contributed by atoms with Crippen molar-refractivity contribution < 1.29 is 4.79 Å². The lowest BCUT2D eigenvalue weighted by Gasteiger charge is -2.18. The summed E-state index contributed by atoms with van der Waals surface area (Å²) in [6.07, 6.45) is 0.930. The molecular formula is C12H14BrClINO. The van der Waals surface area contributed by atoms with E-state index in [1.165, 1.54) is 0 Å². The Morgan fingerprint density at radius 2 is 2.24 bits per heavy atom. The minimum atomic E-state index is 0.0186. The van der Waals surface area contributed by atoms with Gasteiger partial charge in [0.15, 0.2) is 0 Å². The maximum absolute atomic E-state index is 12.2. The van der Waals surface area contributed by atoms with E-state index in [1.54, 1.807) is 17.0 Å². The molecule has 2 nitrogen and oxygen atoms in total. The van der Waals surface area contributed by atoms with Crippen LogP contribution in [0.4, 0.5) is 0 Å². The summed E-state index contributed by atoms with van der Waals surface area (Å²) in [4.78, 5) is 14.3. The third kappa shape index (κ3) is 4.75. The highest BCUT2D eigenvalue weighted by molar-refractivity contribution is 14.1. The number of carbonyl (C=O) groups excluding carboxylic acids is 1. The molecule has 1 amide bonds. The van der Waals surface area contributed by atoms with Crippen LogP contribution in [0.3, 0.4) is 0 Å². The zero-order valence-corrected chi connectivity index (χ0v) is 14.2. The molecule has 1 aromatic rings. The topological polar surface area (TPSA) is 20.3 Å². The number of benzene rings is 1. The zero-order valence-electron chi connectivity index (χ0n) is 9.71. The standard InChI is InChI=1S/C12H14BrClINO/c1-8(13)5-6-16(2)12(17)10-7-9(14)3-4-11(10)15/h3-4,7-8H,5-6H2,1-2H3. The Labute approximate surface area is 129 Å². The number of hydrogen-bond donors (Lipinski definition) is 0. The summed E-state index contributed by atoms with van der Waals surface area (Å²) < 4.78 is 0.927. The van der Waals surface area contributed by atoms with Crippen molar-refractivity contribution in [1.29, 1.82) is 0 Å². The summed E-state index contributed by atoms with van der Waals surface area (Å²) in [5.41, 5.74) is 0.669. The second-order valence-electron chi connectivity index (χ2n) is 3.92. The molecule has 0 saturated heterocycles. The Kier molecular flexibility index (Phi) is 6.23. The molecule has 0 aliphatic heterocycles. The van der Waals surface area contributed by atoms with Crippen molar-refractivity contribution in [3.05, 3.63) is 32.4 Å². The normalized spacial score (nSPS) is 12.3. The first-order chi connectivity index (χ1) is 7.91. The third-order valence-corrected chi connectivity index (χ3v) is 4.00. The van der Waals surface area contributed by atoms with Crippen LogP contribution in [-0.2, 0) is 0 Å². The minimum absolute atomic E-state index is 0.0186. The number of rotatable bonds is 4. The van der Waals surface area contributed by atoms with Gasteiger partial charge in [0.2, 0.25) is 0 Å². The first kappa shape index (κ1) is 15.2. The predicted octanol–water partition coefficient (Wildman–Crippen LogP) is 4.19. The monoisotopic (exact) mass is 429 g/mol. The molecule has 0 saturated carbocycles. The van der Waals surface area contributed by atoms with Crippen LogP contribution in [0.25, 0.3) is 0 Å². The quantitative estimate of drug-likeness (QED) is 0.518. The maximum Gasteiger partial charge on any atom is 0.254 e. The Balaban J connectivity index is 2.78. The van der Waals surface area contributed by atoms with E-state index in [1.807, 2.05) is 13.1 Å². The molecule has 1 atom stereocenters. The van der Waals surface area contributed by atoms with E-state index in [0.29, 0.717) is 15.4 Å². The van der Waals surface area contributed by atoms with Crippen molar-refractivity contribution in [2.75, 3.05) is 13.6 Å². The van der Waals surface area contributed by atoms with Gasteiger partial charge in [-0.05, 0) is 47.2 Å². The molecular weight excluding hydrogens is 416 g/mol. The van der Waals surface area contributed by atoms with Gasteiger partial charge in [0.1, 0.15) is 0 Å². The van der Waals surface area contributed by atoms with Crippen molar-refractivity contribution in [1.82, 2.24) is 4.90 Å². The molecule has 0 aliphatic carbocycles. The van der Waals surface area contributed by atoms with Crippen LogP contribution in [0.15, 0.2) is 18.2 Å². The van der Waals surface area contributed by atoms with E-state index in [0.717, 1.165) is 16.5 Å². The molecule has 5 heteroatoms. The van der Waals surface area contributed by atoms with Gasteiger partial charge in [0, 0.05) is 27.0 Å². The van der Waals surface area contributed by atoms with Gasteiger partial charge in [0.25, 0.3) is 5.91 Å². The van der Waals surface area contributed by atoms with E-state index in [2.05, 4.69) is 45.4 Å². The van der Waals surface area contributed by atoms with Crippen LogP contribution in [0.1, 0.15) is 23.7 Å². The molecule has 1 rings (SSSR count). The minimum Gasteiger partial charge on any atom is -0.342 e. The fraction of sp³-hybridized carbons (Fsp3) is 0.417. The molecule has 1 aromatic carbocycles. The summed E-state index contributed by atoms with van der Waals surface area (Å²) >= 11 is 11.5. The highest BCUT2D eigenvalue weighted by Crippen LogP contribution is 2.19. The highest BCUT2D eigenvalue weighted by Gasteiger charge is 2.15. The summed E-state index contributed by atoms with van der Waals surface area (Å²) in [6.45, 7) is 2.80. The van der Waals surface area contributed by atoms with Gasteiger partial charge in [-0.15, -0.1) is 0 Å². The van der Waals surface area contributed by atoms with Crippen molar-refractivity contribution in [3.63, 3.8) is 0 Å². The first-order valence-electron chi connectivity index (χ1n) is 5.26. The lowest BCUT2D eigenvalue weighted by molar-refractivity contribution is 0.0793. The SMILES string of the molecule is CC(Br)CCN(C)C(=O)c1cc(Cl)ccc1I. The van der Waals surface area contributed by atoms with Crippen LogP contribution >= 0.6 is 50.1 Å². The Morgan fingerprint density at radius 3 is 2.82 bits per heavy atom. The lowest BCUT2D eigenvalue weighted by Crippen LogP contribution is -2.29. The number of halogens is 3. The van der Waals surface area contributed by atoms with E-state index < -0.39 is 0 Å². The van der Waals surface area contributed by atoms with Gasteiger partial charge in [0.05, 0.1) is 5.56 Å². The largest absolute Gasteiger partial charge is 0.342 e. The predicted molar refractivity (Wildman–Crippen MR) is 84.1 cm³/mol. The summed E-state index contributed by atoms with van der Waals surface area (Å²) in [6, 6.07) is 5.37. The smallest absolute Gasteiger partial charge is 0.254 e. The number of alkyl halides is 1. The Hall–Kier alpha value is 0.190. The van der Waals surface area contributed by atoms with Crippen LogP contribution in [0, 0.1) is 3.57 Å². The molecule has 17 heavy (non-hydrogen) atoms. The van der Waals surface area contributed by atoms with Crippen LogP contribution in [0.5, 0.6) is 0 Å². The van der Waals surface area contributed by atoms with Gasteiger partial charge in [-0.3, -0.25) is 4.79 Å². The van der Waals surface area contributed by atoms with Gasteiger partial charge in [-0.25, -0.2) is 0 Å². The van der Waals surface area contributed by atoms with Crippen LogP contribution in [0.2, 0.25) is 5.02 Å². The molecule has 0 fully saturated rings. The van der Waals surface area contributed by atoms with Crippen molar-refractivity contribution in [2.45, 2.75) is 18.2 Å². The average Bonchev–Trinajstić information content (AvgIpc) is 2.28. The van der Waals surface area contributed by atoms with E-state index in [-0.39, 0.29) is 5.91 Å². The van der Waals surface area contributed by atoms with E-state index in [4.69, 9.17) is 11.6 Å². The molecule has 94 valence electrons. The van der Waals surface area contributed by atoms with Crippen molar-refractivity contribution in [2.24, 2.45) is 0 Å². The molecule has 0 N–H and O–H groups in total. The third-order valence-electron chi connectivity index (χ3n) is 2.37. The maximum atomic E-state index is 12.2. The van der Waals surface area contributed by atoms with Crippen molar-refractivity contribution in [3.8, 4) is 0 Å². The molecule has 0 heterocycles. The van der Waals surface area contributed by atoms with E-state index in [9.17, 15) is 4.79 Å². The molecule has 0 radical (unpaired) electrons. The second-order valence-corrected chi connectivity index (χ2v) is 7.08. The van der Waals surface area contributed by atoms with Gasteiger partial charge in [-0.1, -0.05) is 34.5 Å². The fourth-order valence-corrected chi connectivity index (χ4v) is 2.28. The van der Waals surface area contributed by atoms with Gasteiger partial charge in [-0.2, -0.15) is 0 Å². The summed E-state index contributed by atoms with van der Waals surface area (Å²) in [5, 5.41) is 0.594. The molecule has 0 spiro atoms. The molecule has 0 aliphatic rings. The van der Waals surface area contributed by atoms with Crippen molar-refractivity contribution >= 4 is 56.0 Å². The zero-order chi connectivity index (χ0) is 13.0. The van der Waals surface area contributed by atoms with E-state index >= 15 is 0 Å². The number of hydrogen-bond acceptors (Lipinski definition) is 1. The number of nitrogens with zero attached hydrogens (tertiary/aromatic N) is 1.